The van der Waals surface area contributed by atoms with E-state index in [0.29, 0.717) is 0 Å². The van der Waals surface area contributed by atoms with Crippen LogP contribution in [-0.2, 0) is 0 Å². The Morgan fingerprint density at radius 2 is 1.33 bits per heavy atom. The van der Waals surface area contributed by atoms with Crippen LogP contribution in [0.25, 0.3) is 0 Å². The predicted molar refractivity (Wildman–Crippen MR) is 83.3 cm³/mol. The molecule has 0 bridgehead atoms. The third-order valence-electron chi connectivity index (χ3n) is 3.27. The SMILES string of the molecule is CC.CC.Cc1ccc(C2CCN(C)CC2)cc1. The molecule has 0 amide bonds. The number of piperidine rings is 1. The average Bonchev–Trinajstić information content (AvgIpc) is 2.45. The van der Waals surface area contributed by atoms with Crippen molar-refractivity contribution < 1.29 is 0 Å². The quantitative estimate of drug-likeness (QED) is 0.687. The molecule has 0 radical (unpaired) electrons. The molecule has 0 atom stereocenters. The lowest BCUT2D eigenvalue weighted by molar-refractivity contribution is 0.255. The number of likely N-dealkylation sites (tertiary alicyclic amines) is 1. The van der Waals surface area contributed by atoms with E-state index in [1.54, 1.807) is 0 Å². The van der Waals surface area contributed by atoms with Gasteiger partial charge in [-0.3, -0.25) is 0 Å². The summed E-state index contributed by atoms with van der Waals surface area (Å²) in [5.74, 6) is 0.798. The van der Waals surface area contributed by atoms with E-state index in [9.17, 15) is 0 Å². The van der Waals surface area contributed by atoms with Gasteiger partial charge in [0.2, 0.25) is 0 Å². The Kier molecular flexibility index (Phi) is 9.67. The van der Waals surface area contributed by atoms with E-state index < -0.39 is 0 Å². The fraction of sp³-hybridized carbons (Fsp3) is 0.647. The van der Waals surface area contributed by atoms with E-state index in [0.717, 1.165) is 5.92 Å². The summed E-state index contributed by atoms with van der Waals surface area (Å²) in [5.41, 5.74) is 2.89. The van der Waals surface area contributed by atoms with Crippen molar-refractivity contribution in [2.75, 3.05) is 20.1 Å². The average molecular weight is 249 g/mol. The molecule has 1 fully saturated rings. The molecule has 0 aliphatic carbocycles. The smallest absolute Gasteiger partial charge is 0.00159 e. The summed E-state index contributed by atoms with van der Waals surface area (Å²) in [5, 5.41) is 0. The second-order valence-corrected chi connectivity index (χ2v) is 4.49. The number of aryl methyl sites for hydroxylation is 1. The zero-order valence-corrected chi connectivity index (χ0v) is 13.2. The van der Waals surface area contributed by atoms with E-state index in [1.807, 2.05) is 27.7 Å². The van der Waals surface area contributed by atoms with Crippen molar-refractivity contribution in [1.82, 2.24) is 4.90 Å². The fourth-order valence-corrected chi connectivity index (χ4v) is 2.18. The second kappa shape index (κ2) is 10.1. The second-order valence-electron chi connectivity index (χ2n) is 4.49. The molecule has 0 saturated carbocycles. The topological polar surface area (TPSA) is 3.24 Å². The third-order valence-corrected chi connectivity index (χ3v) is 3.27. The molecule has 1 aromatic carbocycles. The van der Waals surface area contributed by atoms with Crippen LogP contribution in [0.2, 0.25) is 0 Å². The van der Waals surface area contributed by atoms with Crippen LogP contribution in [0.4, 0.5) is 0 Å². The Morgan fingerprint density at radius 3 is 1.78 bits per heavy atom. The highest BCUT2D eigenvalue weighted by molar-refractivity contribution is 5.24. The summed E-state index contributed by atoms with van der Waals surface area (Å²) < 4.78 is 0. The highest BCUT2D eigenvalue weighted by atomic mass is 15.1. The van der Waals surface area contributed by atoms with Crippen LogP contribution in [0, 0.1) is 6.92 Å². The number of hydrogen-bond acceptors (Lipinski definition) is 1. The minimum atomic E-state index is 0.798. The molecule has 1 heteroatoms. The maximum Gasteiger partial charge on any atom is -0.00159 e. The number of benzene rings is 1. The molecule has 1 aliphatic rings. The molecule has 0 spiro atoms. The van der Waals surface area contributed by atoms with Crippen molar-refractivity contribution in [3.8, 4) is 0 Å². The van der Waals surface area contributed by atoms with Gasteiger partial charge >= 0.3 is 0 Å². The summed E-state index contributed by atoms with van der Waals surface area (Å²) in [4.78, 5) is 2.42. The van der Waals surface area contributed by atoms with Gasteiger partial charge in [-0.15, -0.1) is 0 Å². The van der Waals surface area contributed by atoms with Crippen LogP contribution >= 0.6 is 0 Å². The van der Waals surface area contributed by atoms with E-state index in [-0.39, 0.29) is 0 Å². The van der Waals surface area contributed by atoms with Crippen molar-refractivity contribution in [3.63, 3.8) is 0 Å². The number of rotatable bonds is 1. The van der Waals surface area contributed by atoms with Gasteiger partial charge in [-0.25, -0.2) is 0 Å². The van der Waals surface area contributed by atoms with Gasteiger partial charge in [0.1, 0.15) is 0 Å². The summed E-state index contributed by atoms with van der Waals surface area (Å²) in [6, 6.07) is 9.05. The molecule has 1 aliphatic heterocycles. The lowest BCUT2D eigenvalue weighted by atomic mass is 9.89. The maximum absolute atomic E-state index is 2.42. The minimum absolute atomic E-state index is 0.798. The minimum Gasteiger partial charge on any atom is -0.306 e. The zero-order chi connectivity index (χ0) is 14.0. The van der Waals surface area contributed by atoms with Crippen molar-refractivity contribution >= 4 is 0 Å². The van der Waals surface area contributed by atoms with Crippen molar-refractivity contribution in [2.45, 2.75) is 53.4 Å². The van der Waals surface area contributed by atoms with Crippen LogP contribution in [0.1, 0.15) is 57.6 Å². The highest BCUT2D eigenvalue weighted by Gasteiger charge is 2.17. The number of nitrogens with zero attached hydrogens (tertiary/aromatic N) is 1. The molecule has 0 aromatic heterocycles. The Labute approximate surface area is 114 Å². The van der Waals surface area contributed by atoms with Crippen LogP contribution in [0.15, 0.2) is 24.3 Å². The lowest BCUT2D eigenvalue weighted by Crippen LogP contribution is -2.29. The summed E-state index contributed by atoms with van der Waals surface area (Å²) >= 11 is 0. The summed E-state index contributed by atoms with van der Waals surface area (Å²) in [6.45, 7) is 12.6. The Hall–Kier alpha value is -0.820. The van der Waals surface area contributed by atoms with Gasteiger partial charge in [-0.1, -0.05) is 57.5 Å². The van der Waals surface area contributed by atoms with E-state index in [4.69, 9.17) is 0 Å². The Balaban J connectivity index is 0.000000659. The van der Waals surface area contributed by atoms with Crippen LogP contribution in [0.5, 0.6) is 0 Å². The molecule has 1 heterocycles. The molecule has 1 saturated heterocycles. The predicted octanol–water partition coefficient (Wildman–Crippen LogP) is 4.86. The first-order valence-corrected chi connectivity index (χ1v) is 7.51. The van der Waals surface area contributed by atoms with Crippen LogP contribution in [-0.4, -0.2) is 25.0 Å². The van der Waals surface area contributed by atoms with Crippen LogP contribution < -0.4 is 0 Å². The van der Waals surface area contributed by atoms with Crippen molar-refractivity contribution in [3.05, 3.63) is 35.4 Å². The molecule has 18 heavy (non-hydrogen) atoms. The van der Waals surface area contributed by atoms with Gasteiger partial charge in [-0.05, 0) is 51.4 Å². The lowest BCUT2D eigenvalue weighted by Gasteiger charge is -2.29. The normalized spacial score (nSPS) is 16.1. The first-order valence-electron chi connectivity index (χ1n) is 7.51. The molecule has 0 unspecified atom stereocenters. The first kappa shape index (κ1) is 17.2. The van der Waals surface area contributed by atoms with E-state index in [1.165, 1.54) is 37.1 Å². The largest absolute Gasteiger partial charge is 0.306 e. The third kappa shape index (κ3) is 5.68. The molecule has 1 aromatic rings. The monoisotopic (exact) mass is 249 g/mol. The van der Waals surface area contributed by atoms with Gasteiger partial charge < -0.3 is 4.90 Å². The molecule has 1 nitrogen and oxygen atoms in total. The van der Waals surface area contributed by atoms with Gasteiger partial charge in [0, 0.05) is 0 Å². The molecule has 0 N–H and O–H groups in total. The van der Waals surface area contributed by atoms with Crippen molar-refractivity contribution in [2.24, 2.45) is 0 Å². The molecule has 2 rings (SSSR count). The molecule has 104 valence electrons. The number of hydrogen-bond donors (Lipinski definition) is 0. The Morgan fingerprint density at radius 1 is 0.889 bits per heavy atom. The standard InChI is InChI=1S/C13H19N.2C2H6/c1-11-3-5-12(6-4-11)13-7-9-14(2)10-8-13;2*1-2/h3-6,13H,7-10H2,1-2H3;2*1-2H3. The van der Waals surface area contributed by atoms with Crippen molar-refractivity contribution in [1.29, 1.82) is 0 Å². The van der Waals surface area contributed by atoms with Gasteiger partial charge in [0.25, 0.3) is 0 Å². The summed E-state index contributed by atoms with van der Waals surface area (Å²) in [6.07, 6.45) is 2.64. The van der Waals surface area contributed by atoms with Gasteiger partial charge in [0.05, 0.1) is 0 Å². The summed E-state index contributed by atoms with van der Waals surface area (Å²) in [7, 11) is 2.21. The van der Waals surface area contributed by atoms with Gasteiger partial charge in [0.15, 0.2) is 0 Å². The van der Waals surface area contributed by atoms with Gasteiger partial charge in [-0.2, -0.15) is 0 Å². The molecular formula is C17H31N. The molecular weight excluding hydrogens is 218 g/mol. The first-order chi connectivity index (χ1) is 8.75. The van der Waals surface area contributed by atoms with E-state index in [2.05, 4.69) is 43.1 Å². The Bertz CT molecular complexity index is 281. The van der Waals surface area contributed by atoms with Crippen LogP contribution in [0.3, 0.4) is 0 Å². The fourth-order valence-electron chi connectivity index (χ4n) is 2.18. The zero-order valence-electron chi connectivity index (χ0n) is 13.2. The maximum atomic E-state index is 2.42. The highest BCUT2D eigenvalue weighted by Crippen LogP contribution is 2.27. The van der Waals surface area contributed by atoms with E-state index >= 15 is 0 Å².